The summed E-state index contributed by atoms with van der Waals surface area (Å²) >= 11 is 0. The van der Waals surface area contributed by atoms with E-state index >= 15 is 0 Å². The highest BCUT2D eigenvalue weighted by atomic mass is 16.6. The van der Waals surface area contributed by atoms with Gasteiger partial charge in [-0.25, -0.2) is 0 Å². The maximum atomic E-state index is 12.5. The number of nitrogens with one attached hydrogen (secondary N) is 1. The van der Waals surface area contributed by atoms with Crippen LogP contribution in [-0.4, -0.2) is 34.1 Å². The van der Waals surface area contributed by atoms with E-state index in [2.05, 4.69) is 5.32 Å². The van der Waals surface area contributed by atoms with E-state index in [1.165, 1.54) is 23.1 Å². The summed E-state index contributed by atoms with van der Waals surface area (Å²) in [5.74, 6) is -1.01. The van der Waals surface area contributed by atoms with Crippen molar-refractivity contribution >= 4 is 29.1 Å². The number of nitro benzene ring substituents is 1. The zero-order valence-electron chi connectivity index (χ0n) is 13.8. The highest BCUT2D eigenvalue weighted by Crippen LogP contribution is 2.52. The summed E-state index contributed by atoms with van der Waals surface area (Å²) in [4.78, 5) is 48.6. The smallest absolute Gasteiger partial charge is 0.271 e. The molecule has 8 heteroatoms. The van der Waals surface area contributed by atoms with E-state index in [4.69, 9.17) is 0 Å². The molecule has 3 amide bonds. The highest BCUT2D eigenvalue weighted by molar-refractivity contribution is 6.06. The Kier molecular flexibility index (Phi) is 3.82. The van der Waals surface area contributed by atoms with Crippen LogP contribution in [0.5, 0.6) is 0 Å². The van der Waals surface area contributed by atoms with E-state index in [1.807, 2.05) is 12.2 Å². The predicted octanol–water partition coefficient (Wildman–Crippen LogP) is 1.73. The number of carbonyl (C=O) groups is 3. The molecule has 8 nitrogen and oxygen atoms in total. The van der Waals surface area contributed by atoms with Crippen molar-refractivity contribution in [1.82, 2.24) is 4.90 Å². The molecule has 0 aromatic heterocycles. The van der Waals surface area contributed by atoms with Gasteiger partial charge in [-0.1, -0.05) is 18.2 Å². The molecular weight excluding hydrogens is 338 g/mol. The monoisotopic (exact) mass is 355 g/mol. The van der Waals surface area contributed by atoms with Crippen LogP contribution in [0, 0.1) is 33.8 Å². The molecule has 1 saturated heterocycles. The van der Waals surface area contributed by atoms with Crippen LogP contribution in [0.1, 0.15) is 12.8 Å². The molecule has 4 atom stereocenters. The molecule has 3 aliphatic rings. The van der Waals surface area contributed by atoms with Crippen LogP contribution in [0.4, 0.5) is 11.4 Å². The summed E-state index contributed by atoms with van der Waals surface area (Å²) in [5, 5.41) is 13.3. The minimum atomic E-state index is -0.543. The Bertz CT molecular complexity index is 819. The normalized spacial score (nSPS) is 28.5. The standard InChI is InChI=1S/C18H17N3O5/c22-14(19-12-2-1-3-13(9-12)21(25)26)6-7-20-17(23)15-10-4-5-11(8-10)16(15)18(20)24/h1-5,9-11,15-16H,6-8H2,(H,19,22)/t10-,11-,15-,16+/m1/s1. The third-order valence-electron chi connectivity index (χ3n) is 5.46. The van der Waals surface area contributed by atoms with Gasteiger partial charge in [0.1, 0.15) is 0 Å². The molecule has 0 spiro atoms. The van der Waals surface area contributed by atoms with Crippen LogP contribution < -0.4 is 5.32 Å². The van der Waals surface area contributed by atoms with Crippen LogP contribution in [0.15, 0.2) is 36.4 Å². The zero-order chi connectivity index (χ0) is 18.4. The summed E-state index contributed by atoms with van der Waals surface area (Å²) in [6.07, 6.45) is 4.88. The Balaban J connectivity index is 1.37. The lowest BCUT2D eigenvalue weighted by atomic mass is 9.85. The number of fused-ring (bicyclic) bond motifs is 5. The number of hydrogen-bond donors (Lipinski definition) is 1. The molecular formula is C18H17N3O5. The van der Waals surface area contributed by atoms with Gasteiger partial charge in [0.15, 0.2) is 0 Å². The van der Waals surface area contributed by atoms with E-state index in [1.54, 1.807) is 6.07 Å². The number of allylic oxidation sites excluding steroid dienone is 2. The van der Waals surface area contributed by atoms with Gasteiger partial charge in [-0.2, -0.15) is 0 Å². The topological polar surface area (TPSA) is 110 Å². The van der Waals surface area contributed by atoms with Gasteiger partial charge in [-0.05, 0) is 24.3 Å². The molecule has 2 fully saturated rings. The molecule has 134 valence electrons. The number of rotatable bonds is 5. The molecule has 1 aromatic carbocycles. The zero-order valence-corrected chi connectivity index (χ0v) is 13.8. The van der Waals surface area contributed by atoms with Crippen molar-refractivity contribution in [2.24, 2.45) is 23.7 Å². The number of imide groups is 1. The number of nitrogens with zero attached hydrogens (tertiary/aromatic N) is 2. The fourth-order valence-corrected chi connectivity index (χ4v) is 4.32. The fourth-order valence-electron chi connectivity index (χ4n) is 4.32. The van der Waals surface area contributed by atoms with E-state index in [9.17, 15) is 24.5 Å². The number of carbonyl (C=O) groups excluding carboxylic acids is 3. The Labute approximate surface area is 149 Å². The number of amides is 3. The molecule has 1 heterocycles. The lowest BCUT2D eigenvalue weighted by Crippen LogP contribution is -2.35. The molecule has 2 bridgehead atoms. The minimum Gasteiger partial charge on any atom is -0.326 e. The first-order chi connectivity index (χ1) is 12.5. The molecule has 0 unspecified atom stereocenters. The number of nitro groups is 1. The first-order valence-electron chi connectivity index (χ1n) is 8.53. The molecule has 0 radical (unpaired) electrons. The highest BCUT2D eigenvalue weighted by Gasteiger charge is 2.58. The quantitative estimate of drug-likeness (QED) is 0.374. The van der Waals surface area contributed by atoms with Crippen LogP contribution in [0.25, 0.3) is 0 Å². The summed E-state index contributed by atoms with van der Waals surface area (Å²) in [5.41, 5.74) is 0.186. The fraction of sp³-hybridized carbons (Fsp3) is 0.389. The van der Waals surface area contributed by atoms with Crippen LogP contribution in [0.3, 0.4) is 0 Å². The second-order valence-corrected chi connectivity index (χ2v) is 6.93. The van der Waals surface area contributed by atoms with Crippen molar-refractivity contribution < 1.29 is 19.3 Å². The molecule has 1 saturated carbocycles. The molecule has 1 aliphatic heterocycles. The first kappa shape index (κ1) is 16.4. The van der Waals surface area contributed by atoms with Gasteiger partial charge < -0.3 is 5.32 Å². The number of hydrogen-bond acceptors (Lipinski definition) is 5. The van der Waals surface area contributed by atoms with Crippen LogP contribution >= 0.6 is 0 Å². The Morgan fingerprint density at radius 3 is 2.46 bits per heavy atom. The van der Waals surface area contributed by atoms with Gasteiger partial charge in [0.25, 0.3) is 5.69 Å². The summed E-state index contributed by atoms with van der Waals surface area (Å²) in [6.45, 7) is 0.0326. The summed E-state index contributed by atoms with van der Waals surface area (Å²) in [7, 11) is 0. The van der Waals surface area contributed by atoms with Crippen molar-refractivity contribution in [3.8, 4) is 0 Å². The van der Waals surface area contributed by atoms with Crippen molar-refractivity contribution in [2.45, 2.75) is 12.8 Å². The van der Waals surface area contributed by atoms with Crippen molar-refractivity contribution in [3.63, 3.8) is 0 Å². The third-order valence-corrected chi connectivity index (χ3v) is 5.46. The first-order valence-corrected chi connectivity index (χ1v) is 8.53. The Morgan fingerprint density at radius 1 is 1.19 bits per heavy atom. The van der Waals surface area contributed by atoms with Gasteiger partial charge in [-0.3, -0.25) is 29.4 Å². The third kappa shape index (κ3) is 2.58. The number of likely N-dealkylation sites (tertiary alicyclic amines) is 1. The summed E-state index contributed by atoms with van der Waals surface area (Å²) in [6, 6.07) is 5.62. The van der Waals surface area contributed by atoms with Crippen molar-refractivity contribution in [1.29, 1.82) is 0 Å². The average molecular weight is 355 g/mol. The van der Waals surface area contributed by atoms with E-state index in [0.717, 1.165) is 6.42 Å². The Morgan fingerprint density at radius 2 is 1.85 bits per heavy atom. The summed E-state index contributed by atoms with van der Waals surface area (Å²) < 4.78 is 0. The predicted molar refractivity (Wildman–Crippen MR) is 90.8 cm³/mol. The van der Waals surface area contributed by atoms with Gasteiger partial charge in [-0.15, -0.1) is 0 Å². The lowest BCUT2D eigenvalue weighted by molar-refractivity contribution is -0.384. The lowest BCUT2D eigenvalue weighted by Gasteiger charge is -2.16. The number of anilines is 1. The van der Waals surface area contributed by atoms with Crippen LogP contribution in [-0.2, 0) is 14.4 Å². The van der Waals surface area contributed by atoms with Gasteiger partial charge in [0.2, 0.25) is 17.7 Å². The maximum Gasteiger partial charge on any atom is 0.271 e. The van der Waals surface area contributed by atoms with E-state index < -0.39 is 10.8 Å². The SMILES string of the molecule is O=C(CCN1C(=O)[C@@H]2[C@H](C1=O)[C@@H]1C=C[C@@H]2C1)Nc1cccc([N+](=O)[O-])c1. The van der Waals surface area contributed by atoms with E-state index in [0.29, 0.717) is 5.69 Å². The number of non-ortho nitro benzene ring substituents is 1. The number of benzene rings is 1. The van der Waals surface area contributed by atoms with Crippen molar-refractivity contribution in [2.75, 3.05) is 11.9 Å². The maximum absolute atomic E-state index is 12.5. The molecule has 2 aliphatic carbocycles. The average Bonchev–Trinajstić information content (AvgIpc) is 3.28. The van der Waals surface area contributed by atoms with Gasteiger partial charge in [0, 0.05) is 30.8 Å². The van der Waals surface area contributed by atoms with Crippen LogP contribution in [0.2, 0.25) is 0 Å². The van der Waals surface area contributed by atoms with Gasteiger partial charge in [0.05, 0.1) is 16.8 Å². The van der Waals surface area contributed by atoms with Gasteiger partial charge >= 0.3 is 0 Å². The molecule has 1 aromatic rings. The van der Waals surface area contributed by atoms with Crippen molar-refractivity contribution in [3.05, 3.63) is 46.5 Å². The molecule has 26 heavy (non-hydrogen) atoms. The molecule has 1 N–H and O–H groups in total. The Hall–Kier alpha value is -3.03. The second-order valence-electron chi connectivity index (χ2n) is 6.93. The largest absolute Gasteiger partial charge is 0.326 e. The second kappa shape index (κ2) is 6.05. The van der Waals surface area contributed by atoms with E-state index in [-0.39, 0.29) is 54.1 Å². The minimum absolute atomic E-state index is 0.0326. The molecule has 4 rings (SSSR count).